The first-order valence-corrected chi connectivity index (χ1v) is 7.09. The molecule has 20 heavy (non-hydrogen) atoms. The lowest BCUT2D eigenvalue weighted by atomic mass is 9.79. The first-order chi connectivity index (χ1) is 9.61. The molecule has 0 aliphatic heterocycles. The molecule has 0 amide bonds. The van der Waals surface area contributed by atoms with E-state index in [1.54, 1.807) is 6.07 Å². The minimum Gasteiger partial charge on any atom is -0.481 e. The van der Waals surface area contributed by atoms with Gasteiger partial charge in [0, 0.05) is 6.54 Å². The molecular formula is C16H20N2O2. The van der Waals surface area contributed by atoms with Crippen LogP contribution >= 0.6 is 0 Å². The zero-order valence-corrected chi connectivity index (χ0v) is 11.7. The van der Waals surface area contributed by atoms with Crippen LogP contribution in [0.3, 0.4) is 0 Å². The molecular weight excluding hydrogens is 252 g/mol. The number of carbonyl (C=O) groups is 1. The third-order valence-electron chi connectivity index (χ3n) is 4.08. The van der Waals surface area contributed by atoms with Gasteiger partial charge in [0.25, 0.3) is 0 Å². The topological polar surface area (TPSA) is 73.1 Å². The number of carboxylic acid groups (broad SMARTS) is 1. The standard InChI is InChI=1S/C16H20N2O2/c1-11-6-7-12(9-17)15(8-11)18-10-13-4-2-3-5-14(13)16(19)20/h6-8,13-14,18H,2-5,10H2,1H3,(H,19,20). The van der Waals surface area contributed by atoms with Gasteiger partial charge in [-0.2, -0.15) is 5.26 Å². The van der Waals surface area contributed by atoms with E-state index in [4.69, 9.17) is 5.26 Å². The van der Waals surface area contributed by atoms with Gasteiger partial charge >= 0.3 is 5.97 Å². The molecule has 0 bridgehead atoms. The van der Waals surface area contributed by atoms with Crippen molar-refractivity contribution in [3.8, 4) is 6.07 Å². The zero-order chi connectivity index (χ0) is 14.5. The molecule has 2 unspecified atom stereocenters. The van der Waals surface area contributed by atoms with Crippen molar-refractivity contribution in [2.24, 2.45) is 11.8 Å². The van der Waals surface area contributed by atoms with Gasteiger partial charge in [0.2, 0.25) is 0 Å². The second kappa shape index (κ2) is 6.42. The fourth-order valence-corrected chi connectivity index (χ4v) is 2.92. The predicted molar refractivity (Wildman–Crippen MR) is 77.5 cm³/mol. The smallest absolute Gasteiger partial charge is 0.306 e. The number of hydrogen-bond donors (Lipinski definition) is 2. The van der Waals surface area contributed by atoms with Gasteiger partial charge < -0.3 is 10.4 Å². The van der Waals surface area contributed by atoms with Gasteiger partial charge in [0.1, 0.15) is 6.07 Å². The highest BCUT2D eigenvalue weighted by Crippen LogP contribution is 2.31. The Morgan fingerprint density at radius 3 is 2.90 bits per heavy atom. The molecule has 106 valence electrons. The van der Waals surface area contributed by atoms with Crippen molar-refractivity contribution in [2.45, 2.75) is 32.6 Å². The van der Waals surface area contributed by atoms with Gasteiger partial charge in [-0.1, -0.05) is 18.9 Å². The van der Waals surface area contributed by atoms with Crippen LogP contribution in [0, 0.1) is 30.1 Å². The molecule has 1 aromatic rings. The van der Waals surface area contributed by atoms with Crippen LogP contribution in [-0.4, -0.2) is 17.6 Å². The van der Waals surface area contributed by atoms with Crippen LogP contribution in [0.1, 0.15) is 36.8 Å². The summed E-state index contributed by atoms with van der Waals surface area (Å²) < 4.78 is 0. The average Bonchev–Trinajstić information content (AvgIpc) is 2.45. The third-order valence-corrected chi connectivity index (χ3v) is 4.08. The van der Waals surface area contributed by atoms with Crippen LogP contribution in [0.5, 0.6) is 0 Å². The van der Waals surface area contributed by atoms with Crippen LogP contribution in [0.25, 0.3) is 0 Å². The summed E-state index contributed by atoms with van der Waals surface area (Å²) in [4.78, 5) is 11.3. The van der Waals surface area contributed by atoms with Gasteiger partial charge in [-0.15, -0.1) is 0 Å². The van der Waals surface area contributed by atoms with E-state index in [1.807, 2.05) is 19.1 Å². The molecule has 4 heteroatoms. The molecule has 0 radical (unpaired) electrons. The molecule has 1 aliphatic carbocycles. The second-order valence-corrected chi connectivity index (χ2v) is 5.53. The van der Waals surface area contributed by atoms with E-state index in [1.165, 1.54) is 0 Å². The molecule has 0 spiro atoms. The van der Waals surface area contributed by atoms with Crippen molar-refractivity contribution in [2.75, 3.05) is 11.9 Å². The summed E-state index contributed by atoms with van der Waals surface area (Å²) in [5.74, 6) is -0.804. The van der Waals surface area contributed by atoms with Crippen LogP contribution in [0.15, 0.2) is 18.2 Å². The van der Waals surface area contributed by atoms with Gasteiger partial charge in [0.05, 0.1) is 17.2 Å². The number of nitrogens with zero attached hydrogens (tertiary/aromatic N) is 1. The Hall–Kier alpha value is -2.02. The summed E-state index contributed by atoms with van der Waals surface area (Å²) >= 11 is 0. The fourth-order valence-electron chi connectivity index (χ4n) is 2.92. The van der Waals surface area contributed by atoms with Crippen molar-refractivity contribution in [1.29, 1.82) is 5.26 Å². The van der Waals surface area contributed by atoms with Crippen molar-refractivity contribution in [3.63, 3.8) is 0 Å². The number of aliphatic carboxylic acids is 1. The van der Waals surface area contributed by atoms with Crippen LogP contribution in [0.2, 0.25) is 0 Å². The molecule has 1 saturated carbocycles. The molecule has 2 rings (SSSR count). The quantitative estimate of drug-likeness (QED) is 0.883. The van der Waals surface area contributed by atoms with E-state index >= 15 is 0 Å². The largest absolute Gasteiger partial charge is 0.481 e. The highest BCUT2D eigenvalue weighted by Gasteiger charge is 2.30. The third kappa shape index (κ3) is 3.30. The van der Waals surface area contributed by atoms with E-state index < -0.39 is 5.97 Å². The number of aryl methyl sites for hydroxylation is 1. The van der Waals surface area contributed by atoms with E-state index in [9.17, 15) is 9.90 Å². The summed E-state index contributed by atoms with van der Waals surface area (Å²) in [5, 5.41) is 21.6. The zero-order valence-electron chi connectivity index (χ0n) is 11.7. The van der Waals surface area contributed by atoms with Gasteiger partial charge in [-0.3, -0.25) is 4.79 Å². The van der Waals surface area contributed by atoms with E-state index in [0.29, 0.717) is 12.1 Å². The Balaban J connectivity index is 2.06. The highest BCUT2D eigenvalue weighted by molar-refractivity contribution is 5.70. The van der Waals surface area contributed by atoms with Gasteiger partial charge in [-0.05, 0) is 43.4 Å². The number of carboxylic acids is 1. The molecule has 4 nitrogen and oxygen atoms in total. The number of benzene rings is 1. The monoisotopic (exact) mass is 272 g/mol. The van der Waals surface area contributed by atoms with Gasteiger partial charge in [-0.25, -0.2) is 0 Å². The molecule has 0 heterocycles. The molecule has 0 aromatic heterocycles. The summed E-state index contributed by atoms with van der Waals surface area (Å²) in [6.07, 6.45) is 3.80. The molecule has 1 fully saturated rings. The molecule has 2 N–H and O–H groups in total. The predicted octanol–water partition coefficient (Wildman–Crippen LogP) is 3.17. The maximum atomic E-state index is 11.3. The summed E-state index contributed by atoms with van der Waals surface area (Å²) in [5.41, 5.74) is 2.51. The lowest BCUT2D eigenvalue weighted by Crippen LogP contribution is -2.31. The first-order valence-electron chi connectivity index (χ1n) is 7.09. The van der Waals surface area contributed by atoms with Crippen LogP contribution in [0.4, 0.5) is 5.69 Å². The SMILES string of the molecule is Cc1ccc(C#N)c(NCC2CCCCC2C(=O)O)c1. The average molecular weight is 272 g/mol. The minimum atomic E-state index is -0.693. The molecule has 2 atom stereocenters. The highest BCUT2D eigenvalue weighted by atomic mass is 16.4. The van der Waals surface area contributed by atoms with Crippen LogP contribution in [-0.2, 0) is 4.79 Å². The molecule has 1 aliphatic rings. The van der Waals surface area contributed by atoms with E-state index in [-0.39, 0.29) is 11.8 Å². The van der Waals surface area contributed by atoms with Crippen LogP contribution < -0.4 is 5.32 Å². The summed E-state index contributed by atoms with van der Waals surface area (Å²) in [6, 6.07) is 7.81. The number of nitrogens with one attached hydrogen (secondary N) is 1. The number of hydrogen-bond acceptors (Lipinski definition) is 3. The first kappa shape index (κ1) is 14.4. The van der Waals surface area contributed by atoms with Crippen molar-refractivity contribution in [1.82, 2.24) is 0 Å². The number of rotatable bonds is 4. The van der Waals surface area contributed by atoms with Crippen molar-refractivity contribution < 1.29 is 9.90 Å². The normalized spacial score (nSPS) is 22.0. The van der Waals surface area contributed by atoms with Crippen molar-refractivity contribution >= 4 is 11.7 Å². The molecule has 1 aromatic carbocycles. The fraction of sp³-hybridized carbons (Fsp3) is 0.500. The number of anilines is 1. The minimum absolute atomic E-state index is 0.147. The summed E-state index contributed by atoms with van der Waals surface area (Å²) in [7, 11) is 0. The van der Waals surface area contributed by atoms with E-state index in [2.05, 4.69) is 11.4 Å². The Labute approximate surface area is 119 Å². The van der Waals surface area contributed by atoms with Crippen molar-refractivity contribution in [3.05, 3.63) is 29.3 Å². The van der Waals surface area contributed by atoms with Gasteiger partial charge in [0.15, 0.2) is 0 Å². The second-order valence-electron chi connectivity index (χ2n) is 5.53. The maximum absolute atomic E-state index is 11.3. The molecule has 0 saturated heterocycles. The lowest BCUT2D eigenvalue weighted by molar-refractivity contribution is -0.144. The lowest BCUT2D eigenvalue weighted by Gasteiger charge is -2.29. The van der Waals surface area contributed by atoms with E-state index in [0.717, 1.165) is 36.9 Å². The summed E-state index contributed by atoms with van der Waals surface area (Å²) in [6.45, 7) is 2.60. The Morgan fingerprint density at radius 1 is 1.45 bits per heavy atom. The Kier molecular flexibility index (Phi) is 4.62. The maximum Gasteiger partial charge on any atom is 0.306 e. The Bertz CT molecular complexity index is 534. The number of nitriles is 1. The Morgan fingerprint density at radius 2 is 2.20 bits per heavy atom.